The molecule has 0 spiro atoms. The number of aromatic nitrogens is 4. The highest BCUT2D eigenvalue weighted by Crippen LogP contribution is 2.28. The zero-order valence-corrected chi connectivity index (χ0v) is 20.7. The zero-order valence-electron chi connectivity index (χ0n) is 19.9. The van der Waals surface area contributed by atoms with Gasteiger partial charge >= 0.3 is 0 Å². The lowest BCUT2D eigenvalue weighted by molar-refractivity contribution is 0.0926. The number of benzene rings is 2. The summed E-state index contributed by atoms with van der Waals surface area (Å²) < 4.78 is 19.8. The molecular weight excluding hydrogens is 495 g/mol. The van der Waals surface area contributed by atoms with Crippen molar-refractivity contribution < 1.29 is 18.7 Å². The molecule has 4 aromatic rings. The van der Waals surface area contributed by atoms with Crippen LogP contribution in [0.25, 0.3) is 11.0 Å². The number of nitrogens with one attached hydrogen (secondary N) is 2. The Morgan fingerprint density at radius 2 is 1.92 bits per heavy atom. The quantitative estimate of drug-likeness (QED) is 0.346. The lowest BCUT2D eigenvalue weighted by Crippen LogP contribution is -2.38. The SMILES string of the molecule is CSc1cccc(Oc2ncc(F)cc2C(=O)NC2CCC(=NC(=O)c3cccc4n[nH]nc34)CC2)c1. The smallest absolute Gasteiger partial charge is 0.279 e. The third kappa shape index (κ3) is 5.67. The fraction of sp³-hybridized carbons (Fsp3) is 0.231. The van der Waals surface area contributed by atoms with E-state index in [2.05, 4.69) is 30.7 Å². The third-order valence-electron chi connectivity index (χ3n) is 6.05. The van der Waals surface area contributed by atoms with Gasteiger partial charge in [0.2, 0.25) is 5.88 Å². The maximum absolute atomic E-state index is 14.0. The van der Waals surface area contributed by atoms with E-state index in [4.69, 9.17) is 4.74 Å². The summed E-state index contributed by atoms with van der Waals surface area (Å²) in [6.07, 6.45) is 5.27. The predicted molar refractivity (Wildman–Crippen MR) is 138 cm³/mol. The minimum atomic E-state index is -0.630. The third-order valence-corrected chi connectivity index (χ3v) is 6.78. The Balaban J connectivity index is 1.23. The molecule has 0 saturated heterocycles. The second-order valence-corrected chi connectivity index (χ2v) is 9.39. The van der Waals surface area contributed by atoms with Gasteiger partial charge in [-0.15, -0.1) is 11.8 Å². The van der Waals surface area contributed by atoms with Crippen LogP contribution < -0.4 is 10.1 Å². The molecule has 2 heterocycles. The highest BCUT2D eigenvalue weighted by atomic mass is 32.2. The number of aliphatic imine (C=N–C) groups is 1. The van der Waals surface area contributed by atoms with Crippen LogP contribution in [0.2, 0.25) is 0 Å². The largest absolute Gasteiger partial charge is 0.438 e. The molecule has 0 radical (unpaired) electrons. The van der Waals surface area contributed by atoms with Crippen LogP contribution in [-0.4, -0.2) is 50.2 Å². The van der Waals surface area contributed by atoms with E-state index in [1.807, 2.05) is 24.5 Å². The van der Waals surface area contributed by atoms with Gasteiger partial charge in [-0.25, -0.2) is 14.4 Å². The van der Waals surface area contributed by atoms with Crippen molar-refractivity contribution in [2.75, 3.05) is 6.26 Å². The number of hydrogen-bond donors (Lipinski definition) is 2. The average molecular weight is 519 g/mol. The zero-order chi connectivity index (χ0) is 25.8. The number of pyridine rings is 1. The van der Waals surface area contributed by atoms with Gasteiger partial charge in [0.1, 0.15) is 28.2 Å². The number of fused-ring (bicyclic) bond motifs is 1. The number of amides is 2. The van der Waals surface area contributed by atoms with E-state index >= 15 is 0 Å². The summed E-state index contributed by atoms with van der Waals surface area (Å²) >= 11 is 1.56. The van der Waals surface area contributed by atoms with Crippen LogP contribution in [0.15, 0.2) is 64.6 Å². The van der Waals surface area contributed by atoms with Gasteiger partial charge in [0.05, 0.1) is 11.8 Å². The van der Waals surface area contributed by atoms with E-state index < -0.39 is 11.7 Å². The van der Waals surface area contributed by atoms with Crippen molar-refractivity contribution in [2.45, 2.75) is 36.6 Å². The average Bonchev–Trinajstić information content (AvgIpc) is 3.40. The molecule has 1 aliphatic rings. The molecule has 2 N–H and O–H groups in total. The number of H-pyrrole nitrogens is 1. The lowest BCUT2D eigenvalue weighted by atomic mass is 9.93. The van der Waals surface area contributed by atoms with Crippen molar-refractivity contribution >= 4 is 40.3 Å². The van der Waals surface area contributed by atoms with Gasteiger partial charge < -0.3 is 10.1 Å². The van der Waals surface area contributed by atoms with Crippen molar-refractivity contribution in [1.82, 2.24) is 25.7 Å². The van der Waals surface area contributed by atoms with E-state index in [1.165, 1.54) is 0 Å². The number of halogens is 1. The van der Waals surface area contributed by atoms with Gasteiger partial charge in [-0.3, -0.25) is 9.59 Å². The lowest BCUT2D eigenvalue weighted by Gasteiger charge is -2.24. The molecule has 0 bridgehead atoms. The number of carbonyl (C=O) groups is 2. The van der Waals surface area contributed by atoms with E-state index in [-0.39, 0.29) is 23.4 Å². The number of hydrogen-bond acceptors (Lipinski definition) is 7. The summed E-state index contributed by atoms with van der Waals surface area (Å²) in [4.78, 5) is 35.1. The van der Waals surface area contributed by atoms with Crippen LogP contribution >= 0.6 is 11.8 Å². The van der Waals surface area contributed by atoms with Crippen molar-refractivity contribution in [2.24, 2.45) is 4.99 Å². The second-order valence-electron chi connectivity index (χ2n) is 8.52. The van der Waals surface area contributed by atoms with Crippen molar-refractivity contribution in [1.29, 1.82) is 0 Å². The van der Waals surface area contributed by atoms with Gasteiger partial charge in [-0.1, -0.05) is 12.1 Å². The Labute approximate surface area is 215 Å². The fourth-order valence-corrected chi connectivity index (χ4v) is 4.61. The van der Waals surface area contributed by atoms with Crippen LogP contribution in [0.4, 0.5) is 4.39 Å². The first-order valence-corrected chi connectivity index (χ1v) is 12.9. The molecule has 1 fully saturated rings. The second kappa shape index (κ2) is 10.9. The minimum Gasteiger partial charge on any atom is -0.438 e. The number of para-hydroxylation sites is 1. The Bertz CT molecular complexity index is 1490. The van der Waals surface area contributed by atoms with Crippen molar-refractivity contribution in [3.63, 3.8) is 0 Å². The number of rotatable bonds is 6. The van der Waals surface area contributed by atoms with Crippen LogP contribution in [0.5, 0.6) is 11.6 Å². The highest BCUT2D eigenvalue weighted by Gasteiger charge is 2.24. The van der Waals surface area contributed by atoms with Crippen molar-refractivity contribution in [3.05, 3.63) is 71.7 Å². The van der Waals surface area contributed by atoms with E-state index in [9.17, 15) is 14.0 Å². The molecule has 2 aromatic carbocycles. The maximum Gasteiger partial charge on any atom is 0.279 e. The molecule has 11 heteroatoms. The topological polar surface area (TPSA) is 122 Å². The molecule has 37 heavy (non-hydrogen) atoms. The Morgan fingerprint density at radius 3 is 2.73 bits per heavy atom. The molecule has 0 aliphatic heterocycles. The van der Waals surface area contributed by atoms with Crippen LogP contribution in [-0.2, 0) is 0 Å². The van der Waals surface area contributed by atoms with Gasteiger partial charge in [0.15, 0.2) is 0 Å². The number of thioether (sulfide) groups is 1. The standard InChI is InChI=1S/C26H23FN6O3S/c1-37-19-5-2-4-18(13-19)36-26-21(12-15(27)14-28-26)25(35)30-17-10-8-16(9-11-17)29-24(34)20-6-3-7-22-23(20)32-33-31-22/h2-7,12-14,17H,8-11H2,1H3,(H,30,35)(H,31,32,33). The molecule has 2 aromatic heterocycles. The van der Waals surface area contributed by atoms with Gasteiger partial charge in [0, 0.05) is 16.6 Å². The molecule has 188 valence electrons. The summed E-state index contributed by atoms with van der Waals surface area (Å²) in [5.74, 6) is -0.932. The molecule has 2 amide bonds. The normalized spacial score (nSPS) is 15.4. The van der Waals surface area contributed by atoms with Crippen LogP contribution in [0, 0.1) is 5.82 Å². The van der Waals surface area contributed by atoms with Crippen molar-refractivity contribution in [3.8, 4) is 11.6 Å². The molecule has 1 aliphatic carbocycles. The van der Waals surface area contributed by atoms with Crippen LogP contribution in [0.1, 0.15) is 46.4 Å². The molecule has 0 unspecified atom stereocenters. The predicted octanol–water partition coefficient (Wildman–Crippen LogP) is 4.96. The molecule has 0 atom stereocenters. The summed E-state index contributed by atoms with van der Waals surface area (Å²) in [5.41, 5.74) is 2.26. The summed E-state index contributed by atoms with van der Waals surface area (Å²) in [6, 6.07) is 13.5. The summed E-state index contributed by atoms with van der Waals surface area (Å²) in [5, 5.41) is 13.5. The van der Waals surface area contributed by atoms with Gasteiger partial charge in [-0.05, 0) is 68.3 Å². The summed E-state index contributed by atoms with van der Waals surface area (Å²) in [6.45, 7) is 0. The first-order valence-electron chi connectivity index (χ1n) is 11.7. The first-order chi connectivity index (χ1) is 18.0. The van der Waals surface area contributed by atoms with Gasteiger partial charge in [0.25, 0.3) is 11.8 Å². The van der Waals surface area contributed by atoms with E-state index in [0.29, 0.717) is 48.0 Å². The Hall–Kier alpha value is -4.12. The molecule has 9 nitrogen and oxygen atoms in total. The minimum absolute atomic E-state index is 0.0184. The number of ether oxygens (including phenoxy) is 1. The number of nitrogens with zero attached hydrogens (tertiary/aromatic N) is 4. The number of carbonyl (C=O) groups excluding carboxylic acids is 2. The van der Waals surface area contributed by atoms with E-state index in [1.54, 1.807) is 36.0 Å². The molecule has 1 saturated carbocycles. The van der Waals surface area contributed by atoms with Gasteiger partial charge in [-0.2, -0.15) is 15.4 Å². The Morgan fingerprint density at radius 1 is 1.11 bits per heavy atom. The Kier molecular flexibility index (Phi) is 7.22. The fourth-order valence-electron chi connectivity index (χ4n) is 4.16. The molecular formula is C26H23FN6O3S. The molecule has 5 rings (SSSR count). The first kappa shape index (κ1) is 24.6. The van der Waals surface area contributed by atoms with E-state index in [0.717, 1.165) is 22.9 Å². The number of aromatic amines is 1. The monoisotopic (exact) mass is 518 g/mol. The maximum atomic E-state index is 14.0. The summed E-state index contributed by atoms with van der Waals surface area (Å²) in [7, 11) is 0. The van der Waals surface area contributed by atoms with Crippen LogP contribution in [0.3, 0.4) is 0 Å². The highest BCUT2D eigenvalue weighted by molar-refractivity contribution is 7.98.